The molecule has 1 aromatic heterocycles. The topological polar surface area (TPSA) is 66.5 Å². The molecule has 0 aliphatic heterocycles. The Morgan fingerprint density at radius 2 is 2.08 bits per heavy atom. The third-order valence-corrected chi connectivity index (χ3v) is 3.58. The molecule has 6 heteroatoms. The van der Waals surface area contributed by atoms with Gasteiger partial charge in [0.15, 0.2) is 11.8 Å². The zero-order valence-corrected chi connectivity index (χ0v) is 15.9. The van der Waals surface area contributed by atoms with Crippen molar-refractivity contribution in [3.63, 3.8) is 0 Å². The first-order chi connectivity index (χ1) is 11.4. The van der Waals surface area contributed by atoms with Crippen molar-refractivity contribution in [1.29, 1.82) is 0 Å². The lowest BCUT2D eigenvalue weighted by atomic mass is 9.97. The lowest BCUT2D eigenvalue weighted by Gasteiger charge is -2.21. The maximum atomic E-state index is 5.31. The van der Waals surface area contributed by atoms with Gasteiger partial charge in [-0.1, -0.05) is 38.4 Å². The number of aliphatic imine (C=N–C) groups is 1. The van der Waals surface area contributed by atoms with E-state index in [9.17, 15) is 0 Å². The molecule has 1 N–H and O–H groups in total. The van der Waals surface area contributed by atoms with Crippen molar-refractivity contribution in [3.8, 4) is 0 Å². The van der Waals surface area contributed by atoms with Gasteiger partial charge in [0.1, 0.15) is 6.54 Å². The van der Waals surface area contributed by atoms with E-state index in [2.05, 4.69) is 66.7 Å². The van der Waals surface area contributed by atoms with Crippen molar-refractivity contribution >= 4 is 5.96 Å². The molecule has 0 saturated heterocycles. The smallest absolute Gasteiger partial charge is 0.232 e. The Balaban J connectivity index is 2.57. The third-order valence-electron chi connectivity index (χ3n) is 3.58. The van der Waals surface area contributed by atoms with Crippen LogP contribution in [0.15, 0.2) is 22.2 Å². The maximum absolute atomic E-state index is 5.31. The molecule has 0 atom stereocenters. The van der Waals surface area contributed by atoms with Crippen LogP contribution < -0.4 is 5.32 Å². The Hall–Kier alpha value is -1.85. The zero-order valence-electron chi connectivity index (χ0n) is 15.9. The number of aromatic nitrogens is 2. The molecule has 24 heavy (non-hydrogen) atoms. The van der Waals surface area contributed by atoms with Gasteiger partial charge in [-0.2, -0.15) is 4.98 Å². The van der Waals surface area contributed by atoms with E-state index in [1.54, 1.807) is 0 Å². The van der Waals surface area contributed by atoms with Crippen LogP contribution >= 0.6 is 0 Å². The van der Waals surface area contributed by atoms with Crippen LogP contribution in [-0.2, 0) is 12.0 Å². The normalized spacial score (nSPS) is 12.3. The van der Waals surface area contributed by atoms with E-state index in [0.717, 1.165) is 31.9 Å². The number of nitrogens with zero attached hydrogens (tertiary/aromatic N) is 4. The Morgan fingerprint density at radius 3 is 2.67 bits per heavy atom. The fraction of sp³-hybridized carbons (Fsp3) is 0.722. The highest BCUT2D eigenvalue weighted by atomic mass is 16.5. The molecule has 0 fully saturated rings. The van der Waals surface area contributed by atoms with Crippen molar-refractivity contribution in [3.05, 3.63) is 24.4 Å². The third kappa shape index (κ3) is 7.15. The van der Waals surface area contributed by atoms with E-state index in [-0.39, 0.29) is 5.41 Å². The number of hydrogen-bond acceptors (Lipinski definition) is 4. The van der Waals surface area contributed by atoms with Crippen LogP contribution in [0.4, 0.5) is 0 Å². The van der Waals surface area contributed by atoms with E-state index in [0.29, 0.717) is 18.3 Å². The summed E-state index contributed by atoms with van der Waals surface area (Å²) in [6.07, 6.45) is 6.61. The molecule has 0 bridgehead atoms. The van der Waals surface area contributed by atoms with Crippen LogP contribution in [0.1, 0.15) is 65.1 Å². The minimum absolute atomic E-state index is 0.137. The first kappa shape index (κ1) is 20.2. The summed E-state index contributed by atoms with van der Waals surface area (Å²) in [4.78, 5) is 11.2. The zero-order chi connectivity index (χ0) is 18.0. The van der Waals surface area contributed by atoms with E-state index in [1.807, 2.05) is 6.08 Å². The van der Waals surface area contributed by atoms with E-state index in [4.69, 9.17) is 4.52 Å². The van der Waals surface area contributed by atoms with Crippen LogP contribution in [0.25, 0.3) is 0 Å². The van der Waals surface area contributed by atoms with Gasteiger partial charge in [0.25, 0.3) is 0 Å². The van der Waals surface area contributed by atoms with Gasteiger partial charge >= 0.3 is 0 Å². The van der Waals surface area contributed by atoms with Crippen LogP contribution in [0.5, 0.6) is 0 Å². The number of allylic oxidation sites excluding steroid dienone is 1. The van der Waals surface area contributed by atoms with Crippen LogP contribution in [-0.4, -0.2) is 41.1 Å². The van der Waals surface area contributed by atoms with Gasteiger partial charge in [-0.25, -0.2) is 4.99 Å². The predicted molar refractivity (Wildman–Crippen MR) is 99.1 cm³/mol. The number of rotatable bonds is 9. The Bertz CT molecular complexity index is 516. The molecule has 0 aliphatic carbocycles. The van der Waals surface area contributed by atoms with Crippen LogP contribution in [0, 0.1) is 0 Å². The lowest BCUT2D eigenvalue weighted by molar-refractivity contribution is 0.318. The van der Waals surface area contributed by atoms with Crippen molar-refractivity contribution in [1.82, 2.24) is 20.4 Å². The maximum Gasteiger partial charge on any atom is 0.232 e. The monoisotopic (exact) mass is 335 g/mol. The second-order valence-electron chi connectivity index (χ2n) is 7.00. The lowest BCUT2D eigenvalue weighted by Crippen LogP contribution is -2.39. The quantitative estimate of drug-likeness (QED) is 0.324. The van der Waals surface area contributed by atoms with Crippen LogP contribution in [0.3, 0.4) is 0 Å². The molecule has 0 amide bonds. The van der Waals surface area contributed by atoms with Gasteiger partial charge in [-0.15, -0.1) is 6.58 Å². The molecule has 1 heterocycles. The summed E-state index contributed by atoms with van der Waals surface area (Å²) in [6, 6.07) is 0. The molecule has 1 aromatic rings. The molecular formula is C18H33N5O. The van der Waals surface area contributed by atoms with Gasteiger partial charge in [0.05, 0.1) is 0 Å². The van der Waals surface area contributed by atoms with Gasteiger partial charge < -0.3 is 14.7 Å². The molecule has 136 valence electrons. The fourth-order valence-electron chi connectivity index (χ4n) is 2.16. The standard InChI is InChI=1S/C18H33N5O/c1-7-9-10-11-12-13-23(6)17(19-8-2)20-14-15-21-16(24-22-15)18(3,4)5/h7H,1,8-14H2,2-6H3,(H,19,20). The highest BCUT2D eigenvalue weighted by Crippen LogP contribution is 2.19. The number of unbranched alkanes of at least 4 members (excludes halogenated alkanes) is 3. The van der Waals surface area contributed by atoms with Gasteiger partial charge in [-0.3, -0.25) is 0 Å². The summed E-state index contributed by atoms with van der Waals surface area (Å²) in [7, 11) is 2.06. The predicted octanol–water partition coefficient (Wildman–Crippen LogP) is 3.51. The molecule has 0 saturated carbocycles. The summed E-state index contributed by atoms with van der Waals surface area (Å²) in [5, 5.41) is 7.34. The van der Waals surface area contributed by atoms with Crippen molar-refractivity contribution in [2.75, 3.05) is 20.1 Å². The van der Waals surface area contributed by atoms with E-state index >= 15 is 0 Å². The second-order valence-corrected chi connectivity index (χ2v) is 7.00. The van der Waals surface area contributed by atoms with E-state index < -0.39 is 0 Å². The minimum atomic E-state index is -0.137. The molecule has 0 spiro atoms. The molecule has 0 aliphatic rings. The highest BCUT2D eigenvalue weighted by molar-refractivity contribution is 5.79. The van der Waals surface area contributed by atoms with Crippen molar-refractivity contribution < 1.29 is 4.52 Å². The average molecular weight is 335 g/mol. The number of guanidine groups is 1. The molecule has 0 radical (unpaired) electrons. The number of hydrogen-bond donors (Lipinski definition) is 1. The molecule has 6 nitrogen and oxygen atoms in total. The second kappa shape index (κ2) is 10.1. The van der Waals surface area contributed by atoms with Crippen LogP contribution in [0.2, 0.25) is 0 Å². The first-order valence-electron chi connectivity index (χ1n) is 8.82. The fourth-order valence-corrected chi connectivity index (χ4v) is 2.16. The Labute approximate surface area is 146 Å². The number of nitrogens with one attached hydrogen (secondary N) is 1. The molecule has 0 aromatic carbocycles. The Morgan fingerprint density at radius 1 is 1.33 bits per heavy atom. The first-order valence-corrected chi connectivity index (χ1v) is 8.82. The Kier molecular flexibility index (Phi) is 8.50. The van der Waals surface area contributed by atoms with Crippen molar-refractivity contribution in [2.24, 2.45) is 4.99 Å². The minimum Gasteiger partial charge on any atom is -0.357 e. The van der Waals surface area contributed by atoms with Crippen molar-refractivity contribution in [2.45, 2.75) is 65.3 Å². The summed E-state index contributed by atoms with van der Waals surface area (Å²) in [5.41, 5.74) is -0.137. The molecule has 0 unspecified atom stereocenters. The van der Waals surface area contributed by atoms with Gasteiger partial charge in [0, 0.05) is 25.6 Å². The largest absolute Gasteiger partial charge is 0.357 e. The summed E-state index contributed by atoms with van der Waals surface area (Å²) in [5.74, 6) is 2.14. The average Bonchev–Trinajstić information content (AvgIpc) is 3.00. The summed E-state index contributed by atoms with van der Waals surface area (Å²) >= 11 is 0. The highest BCUT2D eigenvalue weighted by Gasteiger charge is 2.21. The molecule has 1 rings (SSSR count). The summed E-state index contributed by atoms with van der Waals surface area (Å²) < 4.78 is 5.31. The van der Waals surface area contributed by atoms with Gasteiger partial charge in [-0.05, 0) is 26.2 Å². The SMILES string of the molecule is C=CCCCCCN(C)C(=NCc1noc(C(C)(C)C)n1)NCC. The van der Waals surface area contributed by atoms with E-state index in [1.165, 1.54) is 12.8 Å². The van der Waals surface area contributed by atoms with Gasteiger partial charge in [0.2, 0.25) is 5.89 Å². The molecular weight excluding hydrogens is 302 g/mol. The summed E-state index contributed by atoms with van der Waals surface area (Å²) in [6.45, 7) is 14.2.